The third kappa shape index (κ3) is 4.19. The predicted octanol–water partition coefficient (Wildman–Crippen LogP) is 1.62. The maximum absolute atomic E-state index is 9.51. The molecule has 0 bridgehead atoms. The van der Waals surface area contributed by atoms with Gasteiger partial charge in [-0.2, -0.15) is 0 Å². The van der Waals surface area contributed by atoms with Crippen LogP contribution in [-0.2, 0) is 6.61 Å². The highest BCUT2D eigenvalue weighted by Crippen LogP contribution is 2.25. The second-order valence-electron chi connectivity index (χ2n) is 5.56. The summed E-state index contributed by atoms with van der Waals surface area (Å²) < 4.78 is 1.02. The maximum atomic E-state index is 9.51. The first-order chi connectivity index (χ1) is 9.60. The highest BCUT2D eigenvalue weighted by Gasteiger charge is 2.18. The Hall–Kier alpha value is -0.620. The molecule has 0 saturated carbocycles. The number of aliphatic hydroxyl groups is 1. The second-order valence-corrected chi connectivity index (χ2v) is 6.48. The average Bonchev–Trinajstić information content (AvgIpc) is 2.45. The Morgan fingerprint density at radius 3 is 2.50 bits per heavy atom. The van der Waals surface area contributed by atoms with Gasteiger partial charge in [0, 0.05) is 55.0 Å². The molecule has 1 aliphatic heterocycles. The van der Waals surface area contributed by atoms with Crippen LogP contribution in [-0.4, -0.2) is 68.3 Å². The zero-order chi connectivity index (χ0) is 14.5. The van der Waals surface area contributed by atoms with Gasteiger partial charge in [-0.15, -0.1) is 0 Å². The monoisotopic (exact) mass is 341 g/mol. The van der Waals surface area contributed by atoms with Gasteiger partial charge in [-0.05, 0) is 32.3 Å². The van der Waals surface area contributed by atoms with Crippen molar-refractivity contribution in [1.29, 1.82) is 0 Å². The van der Waals surface area contributed by atoms with Gasteiger partial charge in [0.25, 0.3) is 0 Å². The van der Waals surface area contributed by atoms with Crippen LogP contribution < -0.4 is 4.90 Å². The molecular formula is C15H24BrN3O. The third-order valence-corrected chi connectivity index (χ3v) is 4.28. The number of rotatable bonds is 5. The fraction of sp³-hybridized carbons (Fsp3) is 0.600. The first-order valence-electron chi connectivity index (χ1n) is 7.11. The maximum Gasteiger partial charge on any atom is 0.0702 e. The largest absolute Gasteiger partial charge is 0.392 e. The Kier molecular flexibility index (Phi) is 5.84. The standard InChI is InChI=1S/C15H24BrN3O/c1-17(2)5-6-18-7-9-19(10-8-18)15-4-3-14(16)11-13(15)12-20/h3-4,11,20H,5-10,12H2,1-2H3. The number of nitrogens with zero attached hydrogens (tertiary/aromatic N) is 3. The lowest BCUT2D eigenvalue weighted by Gasteiger charge is -2.37. The van der Waals surface area contributed by atoms with E-state index in [9.17, 15) is 5.11 Å². The Morgan fingerprint density at radius 1 is 1.20 bits per heavy atom. The van der Waals surface area contributed by atoms with Crippen molar-refractivity contribution in [1.82, 2.24) is 9.80 Å². The minimum atomic E-state index is 0.0929. The number of hydrogen-bond acceptors (Lipinski definition) is 4. The van der Waals surface area contributed by atoms with E-state index in [-0.39, 0.29) is 6.61 Å². The van der Waals surface area contributed by atoms with Crippen LogP contribution in [0.15, 0.2) is 22.7 Å². The van der Waals surface area contributed by atoms with Gasteiger partial charge in [0.05, 0.1) is 6.61 Å². The summed E-state index contributed by atoms with van der Waals surface area (Å²) >= 11 is 3.46. The summed E-state index contributed by atoms with van der Waals surface area (Å²) in [4.78, 5) is 7.11. The number of anilines is 1. The van der Waals surface area contributed by atoms with E-state index in [2.05, 4.69) is 50.8 Å². The quantitative estimate of drug-likeness (QED) is 0.881. The number of benzene rings is 1. The van der Waals surface area contributed by atoms with Crippen molar-refractivity contribution in [3.05, 3.63) is 28.2 Å². The molecule has 1 aromatic rings. The van der Waals surface area contributed by atoms with Crippen LogP contribution in [0.5, 0.6) is 0 Å². The molecule has 0 radical (unpaired) electrons. The first kappa shape index (κ1) is 15.8. The van der Waals surface area contributed by atoms with Crippen LogP contribution >= 0.6 is 15.9 Å². The summed E-state index contributed by atoms with van der Waals surface area (Å²) in [5.41, 5.74) is 2.17. The predicted molar refractivity (Wildman–Crippen MR) is 87.3 cm³/mol. The topological polar surface area (TPSA) is 30.0 Å². The van der Waals surface area contributed by atoms with Crippen molar-refractivity contribution in [2.24, 2.45) is 0 Å². The molecule has 0 unspecified atom stereocenters. The van der Waals surface area contributed by atoms with Gasteiger partial charge in [-0.1, -0.05) is 15.9 Å². The van der Waals surface area contributed by atoms with Crippen molar-refractivity contribution in [3.8, 4) is 0 Å². The molecule has 5 heteroatoms. The number of aliphatic hydroxyl groups excluding tert-OH is 1. The summed E-state index contributed by atoms with van der Waals surface area (Å²) in [6.45, 7) is 6.58. The zero-order valence-electron chi connectivity index (χ0n) is 12.3. The number of likely N-dealkylation sites (N-methyl/N-ethyl adjacent to an activating group) is 1. The molecule has 0 spiro atoms. The number of hydrogen-bond donors (Lipinski definition) is 1. The van der Waals surface area contributed by atoms with Gasteiger partial charge in [-0.3, -0.25) is 4.90 Å². The summed E-state index contributed by atoms with van der Waals surface area (Å²) in [6.07, 6.45) is 0. The van der Waals surface area contributed by atoms with Crippen molar-refractivity contribution in [3.63, 3.8) is 0 Å². The molecule has 0 aromatic heterocycles. The van der Waals surface area contributed by atoms with Crippen LogP contribution in [0.2, 0.25) is 0 Å². The van der Waals surface area contributed by atoms with E-state index in [0.29, 0.717) is 0 Å². The minimum Gasteiger partial charge on any atom is -0.392 e. The molecule has 0 atom stereocenters. The summed E-state index contributed by atoms with van der Waals surface area (Å²) in [6, 6.07) is 6.16. The van der Waals surface area contributed by atoms with Gasteiger partial charge in [0.1, 0.15) is 0 Å². The molecule has 2 rings (SSSR count). The lowest BCUT2D eigenvalue weighted by molar-refractivity contribution is 0.229. The second kappa shape index (κ2) is 7.41. The lowest BCUT2D eigenvalue weighted by atomic mass is 10.1. The number of piperazine rings is 1. The molecule has 112 valence electrons. The normalized spacial score (nSPS) is 16.9. The Bertz CT molecular complexity index is 431. The van der Waals surface area contributed by atoms with Gasteiger partial charge >= 0.3 is 0 Å². The molecule has 1 saturated heterocycles. The van der Waals surface area contributed by atoms with Crippen LogP contribution in [0.25, 0.3) is 0 Å². The molecule has 1 heterocycles. The molecule has 4 nitrogen and oxygen atoms in total. The number of halogens is 1. The third-order valence-electron chi connectivity index (χ3n) is 3.79. The Balaban J connectivity index is 1.93. The van der Waals surface area contributed by atoms with E-state index in [0.717, 1.165) is 49.3 Å². The van der Waals surface area contributed by atoms with E-state index in [4.69, 9.17) is 0 Å². The van der Waals surface area contributed by atoms with Gasteiger partial charge in [0.15, 0.2) is 0 Å². The Morgan fingerprint density at radius 2 is 1.90 bits per heavy atom. The molecule has 1 N–H and O–H groups in total. The minimum absolute atomic E-state index is 0.0929. The molecule has 1 fully saturated rings. The average molecular weight is 342 g/mol. The van der Waals surface area contributed by atoms with E-state index in [1.165, 1.54) is 5.69 Å². The lowest BCUT2D eigenvalue weighted by Crippen LogP contribution is -2.48. The van der Waals surface area contributed by atoms with Crippen LogP contribution in [0.1, 0.15) is 5.56 Å². The van der Waals surface area contributed by atoms with Crippen molar-refractivity contribution < 1.29 is 5.11 Å². The van der Waals surface area contributed by atoms with Crippen LogP contribution in [0.4, 0.5) is 5.69 Å². The van der Waals surface area contributed by atoms with Crippen molar-refractivity contribution >= 4 is 21.6 Å². The smallest absolute Gasteiger partial charge is 0.0702 e. The van der Waals surface area contributed by atoms with Crippen molar-refractivity contribution in [2.75, 3.05) is 58.3 Å². The summed E-state index contributed by atoms with van der Waals surface area (Å²) in [7, 11) is 4.23. The fourth-order valence-electron chi connectivity index (χ4n) is 2.54. The van der Waals surface area contributed by atoms with Crippen LogP contribution in [0.3, 0.4) is 0 Å². The van der Waals surface area contributed by atoms with Gasteiger partial charge < -0.3 is 14.9 Å². The highest BCUT2D eigenvalue weighted by atomic mass is 79.9. The Labute approximate surface area is 130 Å². The van der Waals surface area contributed by atoms with E-state index < -0.39 is 0 Å². The summed E-state index contributed by atoms with van der Waals surface area (Å²) in [5, 5.41) is 9.51. The van der Waals surface area contributed by atoms with E-state index in [1.54, 1.807) is 0 Å². The molecule has 0 amide bonds. The van der Waals surface area contributed by atoms with Gasteiger partial charge in [0.2, 0.25) is 0 Å². The van der Waals surface area contributed by atoms with Crippen LogP contribution in [0, 0.1) is 0 Å². The highest BCUT2D eigenvalue weighted by molar-refractivity contribution is 9.10. The molecule has 1 aromatic carbocycles. The molecule has 1 aliphatic rings. The molecule has 0 aliphatic carbocycles. The fourth-order valence-corrected chi connectivity index (χ4v) is 2.95. The van der Waals surface area contributed by atoms with Gasteiger partial charge in [-0.25, -0.2) is 0 Å². The molecule has 20 heavy (non-hydrogen) atoms. The zero-order valence-corrected chi connectivity index (χ0v) is 13.9. The SMILES string of the molecule is CN(C)CCN1CCN(c2ccc(Br)cc2CO)CC1. The molecular weight excluding hydrogens is 318 g/mol. The van der Waals surface area contributed by atoms with E-state index in [1.807, 2.05) is 12.1 Å². The summed E-state index contributed by atoms with van der Waals surface area (Å²) in [5.74, 6) is 0. The van der Waals surface area contributed by atoms with E-state index >= 15 is 0 Å². The van der Waals surface area contributed by atoms with Crippen molar-refractivity contribution in [2.45, 2.75) is 6.61 Å². The first-order valence-corrected chi connectivity index (χ1v) is 7.91.